The van der Waals surface area contributed by atoms with Crippen LogP contribution in [0.25, 0.3) is 0 Å². The van der Waals surface area contributed by atoms with Crippen LogP contribution in [0.4, 0.5) is 13.2 Å². The SMILES string of the molecule is CN1CNNC1CC1(C2CCCC(N3CC4C(CC(CN5CC6CCCCC6C5)CC4C(F)(F)F)C3=O)C2)COC1. The number of alkyl halides is 3. The summed E-state index contributed by atoms with van der Waals surface area (Å²) >= 11 is 0. The highest BCUT2D eigenvalue weighted by Gasteiger charge is 2.58. The van der Waals surface area contributed by atoms with Gasteiger partial charge in [-0.15, -0.1) is 0 Å². The van der Waals surface area contributed by atoms with Crippen molar-refractivity contribution in [3.8, 4) is 0 Å². The van der Waals surface area contributed by atoms with Crippen molar-refractivity contribution in [3.05, 3.63) is 0 Å². The van der Waals surface area contributed by atoms with E-state index in [0.29, 0.717) is 18.9 Å². The fourth-order valence-corrected chi connectivity index (χ4v) is 10.4. The lowest BCUT2D eigenvalue weighted by molar-refractivity contribution is -0.204. The maximum absolute atomic E-state index is 14.5. The Bertz CT molecular complexity index is 949. The van der Waals surface area contributed by atoms with Crippen molar-refractivity contribution >= 4 is 5.91 Å². The van der Waals surface area contributed by atoms with E-state index in [1.807, 2.05) is 4.90 Å². The number of carbonyl (C=O) groups excluding carboxylic acids is 1. The third-order valence-electron chi connectivity index (χ3n) is 12.7. The second kappa shape index (κ2) is 11.2. The van der Waals surface area contributed by atoms with Crippen LogP contribution in [0.5, 0.6) is 0 Å². The molecular weight excluding hydrogens is 531 g/mol. The number of likely N-dealkylation sites (tertiary alicyclic amines) is 2. The van der Waals surface area contributed by atoms with E-state index in [9.17, 15) is 18.0 Å². The zero-order valence-electron chi connectivity index (χ0n) is 24.7. The third kappa shape index (κ3) is 5.47. The number of amides is 1. The first-order valence-electron chi connectivity index (χ1n) is 16.6. The fourth-order valence-electron chi connectivity index (χ4n) is 10.4. The fraction of sp³-hybridized carbons (Fsp3) is 0.968. The second-order valence-corrected chi connectivity index (χ2v) is 15.1. The lowest BCUT2D eigenvalue weighted by atomic mass is 9.64. The van der Waals surface area contributed by atoms with Crippen LogP contribution in [0.15, 0.2) is 0 Å². The minimum atomic E-state index is -4.24. The highest BCUT2D eigenvalue weighted by atomic mass is 19.4. The topological polar surface area (TPSA) is 60.1 Å². The van der Waals surface area contributed by atoms with Crippen LogP contribution in [0, 0.1) is 46.8 Å². The van der Waals surface area contributed by atoms with E-state index in [0.717, 1.165) is 83.5 Å². The van der Waals surface area contributed by atoms with Gasteiger partial charge >= 0.3 is 6.18 Å². The Labute approximate surface area is 243 Å². The number of nitrogens with zero attached hydrogens (tertiary/aromatic N) is 3. The van der Waals surface area contributed by atoms with Crippen molar-refractivity contribution in [2.75, 3.05) is 53.1 Å². The standard InChI is InChI=1S/C31H50F3N5O2/c1-37-19-35-36-28(37)12-30(17-41-18-30)23-7-4-8-24(11-23)39-16-26-25(29(39)40)9-20(10-27(26)31(32,33)34)13-38-14-21-5-2-3-6-22(21)15-38/h20-28,35-36H,2-19H2,1H3. The minimum absolute atomic E-state index is 0.0231. The number of nitrogens with one attached hydrogen (secondary N) is 2. The highest BCUT2D eigenvalue weighted by Crippen LogP contribution is 2.53. The van der Waals surface area contributed by atoms with Gasteiger partial charge in [0.2, 0.25) is 5.91 Å². The van der Waals surface area contributed by atoms with Gasteiger partial charge < -0.3 is 14.5 Å². The Morgan fingerprint density at radius 1 is 0.976 bits per heavy atom. The molecule has 41 heavy (non-hydrogen) atoms. The Hall–Kier alpha value is -0.940. The first-order chi connectivity index (χ1) is 19.7. The van der Waals surface area contributed by atoms with Gasteiger partial charge in [0.25, 0.3) is 0 Å². The zero-order chi connectivity index (χ0) is 28.4. The van der Waals surface area contributed by atoms with E-state index in [1.54, 1.807) is 0 Å². The van der Waals surface area contributed by atoms with Crippen molar-refractivity contribution in [1.82, 2.24) is 25.6 Å². The van der Waals surface area contributed by atoms with Crippen molar-refractivity contribution in [3.63, 3.8) is 0 Å². The molecule has 9 unspecified atom stereocenters. The summed E-state index contributed by atoms with van der Waals surface area (Å²) in [5.74, 6) is -0.518. The van der Waals surface area contributed by atoms with E-state index < -0.39 is 23.9 Å². The zero-order valence-corrected chi connectivity index (χ0v) is 24.7. The first kappa shape index (κ1) is 28.8. The summed E-state index contributed by atoms with van der Waals surface area (Å²) in [6.07, 6.45) is 6.93. The molecule has 3 saturated carbocycles. The molecule has 4 aliphatic heterocycles. The predicted molar refractivity (Wildman–Crippen MR) is 149 cm³/mol. The summed E-state index contributed by atoms with van der Waals surface area (Å²) < 4.78 is 49.4. The van der Waals surface area contributed by atoms with Crippen LogP contribution in [0.1, 0.15) is 70.6 Å². The molecule has 2 N–H and O–H groups in total. The van der Waals surface area contributed by atoms with Crippen LogP contribution in [-0.2, 0) is 9.53 Å². The second-order valence-electron chi connectivity index (χ2n) is 15.1. The van der Waals surface area contributed by atoms with Crippen LogP contribution in [-0.4, -0.2) is 92.1 Å². The molecule has 10 heteroatoms. The normalized spacial score (nSPS) is 43.7. The van der Waals surface area contributed by atoms with Gasteiger partial charge in [0.1, 0.15) is 0 Å². The van der Waals surface area contributed by atoms with Gasteiger partial charge in [-0.25, -0.2) is 10.9 Å². The van der Waals surface area contributed by atoms with Crippen LogP contribution >= 0.6 is 0 Å². The molecule has 7 aliphatic rings. The van der Waals surface area contributed by atoms with Gasteiger partial charge in [-0.1, -0.05) is 19.3 Å². The van der Waals surface area contributed by atoms with Crippen molar-refractivity contribution in [1.29, 1.82) is 0 Å². The summed E-state index contributed by atoms with van der Waals surface area (Å²) in [6, 6.07) is 0.0609. The van der Waals surface area contributed by atoms with Gasteiger partial charge in [0, 0.05) is 43.6 Å². The summed E-state index contributed by atoms with van der Waals surface area (Å²) in [6.45, 7) is 5.42. The average Bonchev–Trinajstić information content (AvgIpc) is 3.62. The molecule has 1 amide bonds. The molecular formula is C31H50F3N5O2. The molecule has 0 aromatic carbocycles. The molecule has 232 valence electrons. The Morgan fingerprint density at radius 2 is 1.73 bits per heavy atom. The highest BCUT2D eigenvalue weighted by molar-refractivity contribution is 5.82. The monoisotopic (exact) mass is 581 g/mol. The number of ether oxygens (including phenoxy) is 1. The van der Waals surface area contributed by atoms with Gasteiger partial charge in [0.15, 0.2) is 0 Å². The summed E-state index contributed by atoms with van der Waals surface area (Å²) in [5.41, 5.74) is 6.69. The van der Waals surface area contributed by atoms with E-state index in [4.69, 9.17) is 4.74 Å². The molecule has 7 nitrogen and oxygen atoms in total. The van der Waals surface area contributed by atoms with Gasteiger partial charge in [-0.05, 0) is 88.0 Å². The quantitative estimate of drug-likeness (QED) is 0.494. The molecule has 4 saturated heterocycles. The van der Waals surface area contributed by atoms with Crippen LogP contribution < -0.4 is 10.9 Å². The number of hydrogen-bond acceptors (Lipinski definition) is 6. The molecule has 3 aliphatic carbocycles. The Morgan fingerprint density at radius 3 is 2.37 bits per heavy atom. The van der Waals surface area contributed by atoms with Crippen LogP contribution in [0.3, 0.4) is 0 Å². The van der Waals surface area contributed by atoms with Crippen LogP contribution in [0.2, 0.25) is 0 Å². The molecule has 7 rings (SSSR count). The van der Waals surface area contributed by atoms with Gasteiger partial charge in [-0.3, -0.25) is 9.69 Å². The van der Waals surface area contributed by atoms with E-state index in [-0.39, 0.29) is 35.9 Å². The number of fused-ring (bicyclic) bond motifs is 2. The van der Waals surface area contributed by atoms with Gasteiger partial charge in [-0.2, -0.15) is 13.2 Å². The summed E-state index contributed by atoms with van der Waals surface area (Å²) in [4.78, 5) is 20.6. The number of hydrogen-bond donors (Lipinski definition) is 2. The third-order valence-corrected chi connectivity index (χ3v) is 12.7. The maximum Gasteiger partial charge on any atom is 0.392 e. The number of halogens is 3. The van der Waals surface area contributed by atoms with Crippen molar-refractivity contribution in [2.45, 2.75) is 89.0 Å². The Balaban J connectivity index is 1.03. The molecule has 4 heterocycles. The number of hydrazine groups is 1. The van der Waals surface area contributed by atoms with Gasteiger partial charge in [0.05, 0.1) is 32.0 Å². The Kier molecular flexibility index (Phi) is 7.87. The van der Waals surface area contributed by atoms with Crippen molar-refractivity contribution < 1.29 is 22.7 Å². The largest absolute Gasteiger partial charge is 0.392 e. The number of carbonyl (C=O) groups is 1. The molecule has 0 aromatic heterocycles. The predicted octanol–water partition coefficient (Wildman–Crippen LogP) is 4.06. The molecule has 0 aromatic rings. The van der Waals surface area contributed by atoms with E-state index in [2.05, 4.69) is 27.7 Å². The summed E-state index contributed by atoms with van der Waals surface area (Å²) in [7, 11) is 2.11. The summed E-state index contributed by atoms with van der Waals surface area (Å²) in [5, 5.41) is 0. The van der Waals surface area contributed by atoms with Crippen molar-refractivity contribution in [2.24, 2.45) is 46.8 Å². The lowest BCUT2D eigenvalue weighted by Crippen LogP contribution is -2.56. The molecule has 7 fully saturated rings. The molecule has 0 bridgehead atoms. The number of rotatable bonds is 6. The van der Waals surface area contributed by atoms with E-state index in [1.165, 1.54) is 25.7 Å². The molecule has 0 radical (unpaired) electrons. The maximum atomic E-state index is 14.5. The average molecular weight is 582 g/mol. The molecule has 9 atom stereocenters. The molecule has 0 spiro atoms. The smallest absolute Gasteiger partial charge is 0.380 e. The lowest BCUT2D eigenvalue weighted by Gasteiger charge is -2.52. The van der Waals surface area contributed by atoms with E-state index >= 15 is 0 Å². The first-order valence-corrected chi connectivity index (χ1v) is 16.6. The minimum Gasteiger partial charge on any atom is -0.380 e.